The highest BCUT2D eigenvalue weighted by molar-refractivity contribution is 9.10. The topological polar surface area (TPSA) is 83.1 Å². The molecular formula is C13H11BrN6. The summed E-state index contributed by atoms with van der Waals surface area (Å²) in [5.41, 5.74) is 4.84. The first-order valence-electron chi connectivity index (χ1n) is 5.95. The summed E-state index contributed by atoms with van der Waals surface area (Å²) in [5.74, 6) is 0. The van der Waals surface area contributed by atoms with Gasteiger partial charge >= 0.3 is 0 Å². The lowest BCUT2D eigenvalue weighted by Gasteiger charge is -1.87. The van der Waals surface area contributed by atoms with Crippen molar-refractivity contribution in [2.24, 2.45) is 0 Å². The van der Waals surface area contributed by atoms with Gasteiger partial charge in [0, 0.05) is 4.47 Å². The first kappa shape index (κ1) is 12.7. The lowest BCUT2D eigenvalue weighted by Crippen LogP contribution is -1.71. The molecule has 0 fully saturated rings. The summed E-state index contributed by atoms with van der Waals surface area (Å²) < 4.78 is 1.02. The Kier molecular flexibility index (Phi) is 3.42. The second-order valence-corrected chi connectivity index (χ2v) is 5.19. The van der Waals surface area contributed by atoms with Gasteiger partial charge in [0.05, 0.1) is 0 Å². The zero-order valence-electron chi connectivity index (χ0n) is 10.6. The zero-order chi connectivity index (χ0) is 13.9. The van der Waals surface area contributed by atoms with E-state index < -0.39 is 0 Å². The van der Waals surface area contributed by atoms with Gasteiger partial charge in [0.1, 0.15) is 22.1 Å². The van der Waals surface area contributed by atoms with Gasteiger partial charge in [-0.25, -0.2) is 0 Å². The quantitative estimate of drug-likeness (QED) is 0.519. The van der Waals surface area contributed by atoms with Crippen molar-refractivity contribution >= 4 is 38.0 Å². The molecule has 7 heteroatoms. The van der Waals surface area contributed by atoms with Gasteiger partial charge in [0.2, 0.25) is 0 Å². The number of fused-ring (bicyclic) bond motifs is 2. The maximum atomic E-state index is 3.94. The number of hydrogen-bond acceptors (Lipinski definition) is 4. The predicted molar refractivity (Wildman–Crippen MR) is 80.2 cm³/mol. The van der Waals surface area contributed by atoms with Crippen molar-refractivity contribution in [3.05, 3.63) is 46.4 Å². The minimum absolute atomic E-state index is 0.884. The normalized spacial score (nSPS) is 10.5. The number of aromatic amines is 2. The van der Waals surface area contributed by atoms with Crippen LogP contribution in [0, 0.1) is 6.92 Å². The van der Waals surface area contributed by atoms with Crippen LogP contribution in [0.3, 0.4) is 0 Å². The maximum Gasteiger partial charge on any atom is 0.114 e. The van der Waals surface area contributed by atoms with Crippen molar-refractivity contribution in [1.82, 2.24) is 30.8 Å². The second-order valence-electron chi connectivity index (χ2n) is 4.27. The summed E-state index contributed by atoms with van der Waals surface area (Å²) in [7, 11) is 0. The third-order valence-corrected chi connectivity index (χ3v) is 3.24. The molecule has 2 aromatic heterocycles. The highest BCUT2D eigenvalue weighted by Crippen LogP contribution is 2.14. The highest BCUT2D eigenvalue weighted by atomic mass is 79.9. The minimum Gasteiger partial charge on any atom is -0.197 e. The molecule has 0 saturated heterocycles. The number of aryl methyl sites for hydroxylation is 1. The summed E-state index contributed by atoms with van der Waals surface area (Å²) >= 11 is 3.34. The van der Waals surface area contributed by atoms with Crippen LogP contribution in [0.2, 0.25) is 0 Å². The third kappa shape index (κ3) is 2.67. The van der Waals surface area contributed by atoms with Gasteiger partial charge in [0.15, 0.2) is 0 Å². The van der Waals surface area contributed by atoms with Crippen LogP contribution in [0.4, 0.5) is 0 Å². The van der Waals surface area contributed by atoms with Crippen molar-refractivity contribution < 1.29 is 0 Å². The van der Waals surface area contributed by atoms with Gasteiger partial charge in [-0.15, -0.1) is 0 Å². The average molecular weight is 331 g/mol. The van der Waals surface area contributed by atoms with E-state index in [4.69, 9.17) is 0 Å². The first-order chi connectivity index (χ1) is 9.72. The van der Waals surface area contributed by atoms with Crippen LogP contribution in [0.5, 0.6) is 0 Å². The molecule has 20 heavy (non-hydrogen) atoms. The third-order valence-electron chi connectivity index (χ3n) is 2.75. The monoisotopic (exact) mass is 330 g/mol. The molecule has 0 saturated carbocycles. The SMILES string of the molecule is Brc1ccc2n[nH]nc2c1.Cc1ccc2n[nH]nc2c1. The summed E-state index contributed by atoms with van der Waals surface area (Å²) in [4.78, 5) is 0. The van der Waals surface area contributed by atoms with Crippen LogP contribution >= 0.6 is 15.9 Å². The van der Waals surface area contributed by atoms with Crippen molar-refractivity contribution in [1.29, 1.82) is 0 Å². The lowest BCUT2D eigenvalue weighted by atomic mass is 10.2. The van der Waals surface area contributed by atoms with E-state index in [9.17, 15) is 0 Å². The fourth-order valence-electron chi connectivity index (χ4n) is 1.76. The molecule has 100 valence electrons. The minimum atomic E-state index is 0.884. The van der Waals surface area contributed by atoms with Gasteiger partial charge in [0.25, 0.3) is 0 Å². The van der Waals surface area contributed by atoms with Gasteiger partial charge < -0.3 is 0 Å². The standard InChI is InChI=1S/C7H7N3.C6H4BrN3/c1-5-2-3-6-7(4-5)9-10-8-6;7-4-1-2-5-6(3-4)9-10-8-5/h2-4H,1H3,(H,8,9,10);1-3H,(H,8,9,10). The van der Waals surface area contributed by atoms with Crippen molar-refractivity contribution in [3.8, 4) is 0 Å². The van der Waals surface area contributed by atoms with Crippen LogP contribution in [0.15, 0.2) is 40.9 Å². The highest BCUT2D eigenvalue weighted by Gasteiger charge is 1.96. The fraction of sp³-hybridized carbons (Fsp3) is 0.0769. The number of nitrogens with one attached hydrogen (secondary N) is 2. The van der Waals surface area contributed by atoms with E-state index in [1.165, 1.54) is 5.56 Å². The van der Waals surface area contributed by atoms with E-state index in [2.05, 4.69) is 46.8 Å². The Morgan fingerprint density at radius 2 is 1.30 bits per heavy atom. The molecule has 2 aromatic carbocycles. The number of aromatic nitrogens is 6. The Hall–Kier alpha value is -2.28. The Labute approximate surface area is 122 Å². The maximum absolute atomic E-state index is 3.94. The molecule has 0 radical (unpaired) electrons. The summed E-state index contributed by atoms with van der Waals surface area (Å²) in [6, 6.07) is 11.7. The Balaban J connectivity index is 0.000000121. The molecule has 4 aromatic rings. The van der Waals surface area contributed by atoms with Crippen LogP contribution in [0.25, 0.3) is 22.1 Å². The van der Waals surface area contributed by atoms with E-state index in [0.717, 1.165) is 26.5 Å². The summed E-state index contributed by atoms with van der Waals surface area (Å²) in [6.45, 7) is 2.04. The summed E-state index contributed by atoms with van der Waals surface area (Å²) in [6.07, 6.45) is 0. The second kappa shape index (κ2) is 5.38. The molecule has 4 rings (SSSR count). The van der Waals surface area contributed by atoms with Gasteiger partial charge in [-0.05, 0) is 42.8 Å². The molecule has 6 nitrogen and oxygen atoms in total. The van der Waals surface area contributed by atoms with E-state index >= 15 is 0 Å². The van der Waals surface area contributed by atoms with E-state index in [1.54, 1.807) is 0 Å². The number of hydrogen-bond donors (Lipinski definition) is 2. The Morgan fingerprint density at radius 1 is 0.750 bits per heavy atom. The van der Waals surface area contributed by atoms with Crippen molar-refractivity contribution in [2.75, 3.05) is 0 Å². The molecule has 0 spiro atoms. The molecule has 0 bridgehead atoms. The van der Waals surface area contributed by atoms with Gasteiger partial charge in [-0.3, -0.25) is 0 Å². The summed E-state index contributed by atoms with van der Waals surface area (Å²) in [5, 5.41) is 20.8. The molecular weight excluding hydrogens is 320 g/mol. The Bertz CT molecular complexity index is 778. The first-order valence-corrected chi connectivity index (χ1v) is 6.75. The number of H-pyrrole nitrogens is 2. The van der Waals surface area contributed by atoms with Crippen LogP contribution < -0.4 is 0 Å². The van der Waals surface area contributed by atoms with E-state index in [-0.39, 0.29) is 0 Å². The van der Waals surface area contributed by atoms with E-state index in [0.29, 0.717) is 0 Å². The zero-order valence-corrected chi connectivity index (χ0v) is 12.2. The predicted octanol–water partition coefficient (Wildman–Crippen LogP) is 2.99. The van der Waals surface area contributed by atoms with Crippen LogP contribution in [0.1, 0.15) is 5.56 Å². The molecule has 2 N–H and O–H groups in total. The van der Waals surface area contributed by atoms with Crippen molar-refractivity contribution in [2.45, 2.75) is 6.92 Å². The van der Waals surface area contributed by atoms with Crippen molar-refractivity contribution in [3.63, 3.8) is 0 Å². The molecule has 0 atom stereocenters. The molecule has 0 aliphatic rings. The lowest BCUT2D eigenvalue weighted by molar-refractivity contribution is 0.959. The Morgan fingerprint density at radius 3 is 2.00 bits per heavy atom. The molecule has 0 amide bonds. The fourth-order valence-corrected chi connectivity index (χ4v) is 2.11. The number of benzene rings is 2. The van der Waals surface area contributed by atoms with Crippen LogP contribution in [-0.4, -0.2) is 30.8 Å². The number of nitrogens with zero attached hydrogens (tertiary/aromatic N) is 4. The largest absolute Gasteiger partial charge is 0.197 e. The average Bonchev–Trinajstić information content (AvgIpc) is 3.06. The van der Waals surface area contributed by atoms with Crippen LogP contribution in [-0.2, 0) is 0 Å². The molecule has 0 aliphatic carbocycles. The molecule has 0 unspecified atom stereocenters. The van der Waals surface area contributed by atoms with E-state index in [1.807, 2.05) is 43.3 Å². The molecule has 0 aliphatic heterocycles. The van der Waals surface area contributed by atoms with Gasteiger partial charge in [-0.2, -0.15) is 30.8 Å². The molecule has 2 heterocycles. The number of halogens is 1. The number of rotatable bonds is 0. The smallest absolute Gasteiger partial charge is 0.114 e. The van der Waals surface area contributed by atoms with Gasteiger partial charge in [-0.1, -0.05) is 22.0 Å².